The summed E-state index contributed by atoms with van der Waals surface area (Å²) in [6.45, 7) is 8.46. The maximum Gasteiger partial charge on any atom is 0.305 e. The molecule has 0 bridgehead atoms. The first-order chi connectivity index (χ1) is 12.5. The summed E-state index contributed by atoms with van der Waals surface area (Å²) in [5, 5.41) is 21.1. The molecule has 27 heavy (non-hydrogen) atoms. The molecule has 1 N–H and O–H groups in total. The van der Waals surface area contributed by atoms with Crippen LogP contribution in [0.3, 0.4) is 0 Å². The zero-order valence-corrected chi connectivity index (χ0v) is 16.0. The summed E-state index contributed by atoms with van der Waals surface area (Å²) in [5.41, 5.74) is 0.466. The molecule has 3 rings (SSSR count). The standard InChI is InChI=1S/C19H25FN2O5/c1-18(2,5-6-23)17-8-12-7-16(22(24)25)14(20)9-15(12)21(17)10-13-11-26-19(3,4)27-13/h7-9,13,23H,5-6,10-11H2,1-4H3. The van der Waals surface area contributed by atoms with Gasteiger partial charge in [0.2, 0.25) is 5.82 Å². The van der Waals surface area contributed by atoms with Gasteiger partial charge in [0.05, 0.1) is 23.6 Å². The third kappa shape index (κ3) is 3.83. The van der Waals surface area contributed by atoms with Gasteiger partial charge in [-0.1, -0.05) is 13.8 Å². The van der Waals surface area contributed by atoms with E-state index in [2.05, 4.69) is 0 Å². The molecular formula is C19H25FN2O5. The maximum atomic E-state index is 14.3. The molecule has 1 fully saturated rings. The Kier molecular flexibility index (Phi) is 5.00. The van der Waals surface area contributed by atoms with E-state index >= 15 is 0 Å². The third-order valence-electron chi connectivity index (χ3n) is 5.05. The molecular weight excluding hydrogens is 355 g/mol. The lowest BCUT2D eigenvalue weighted by Crippen LogP contribution is -2.28. The second-order valence-electron chi connectivity index (χ2n) is 8.07. The number of hydrogen-bond acceptors (Lipinski definition) is 5. The first kappa shape index (κ1) is 19.7. The molecule has 2 heterocycles. The smallest absolute Gasteiger partial charge is 0.305 e. The summed E-state index contributed by atoms with van der Waals surface area (Å²) in [6, 6.07) is 4.29. The van der Waals surface area contributed by atoms with E-state index in [9.17, 15) is 19.6 Å². The van der Waals surface area contributed by atoms with Crippen molar-refractivity contribution in [3.63, 3.8) is 0 Å². The second-order valence-corrected chi connectivity index (χ2v) is 8.07. The van der Waals surface area contributed by atoms with Gasteiger partial charge in [0.1, 0.15) is 6.10 Å². The summed E-state index contributed by atoms with van der Waals surface area (Å²) in [6.07, 6.45) is 0.277. The molecule has 0 spiro atoms. The number of rotatable bonds is 6. The lowest BCUT2D eigenvalue weighted by atomic mass is 9.85. The molecule has 1 atom stereocenters. The van der Waals surface area contributed by atoms with Crippen molar-refractivity contribution in [2.45, 2.75) is 58.0 Å². The first-order valence-corrected chi connectivity index (χ1v) is 8.94. The molecule has 1 aromatic carbocycles. The Morgan fingerprint density at radius 3 is 2.67 bits per heavy atom. The number of fused-ring (bicyclic) bond motifs is 1. The third-order valence-corrected chi connectivity index (χ3v) is 5.05. The van der Waals surface area contributed by atoms with Crippen LogP contribution in [0.2, 0.25) is 0 Å². The second kappa shape index (κ2) is 6.85. The number of benzene rings is 1. The summed E-state index contributed by atoms with van der Waals surface area (Å²) in [5.74, 6) is -1.55. The molecule has 7 nitrogen and oxygen atoms in total. The van der Waals surface area contributed by atoms with E-state index in [-0.39, 0.29) is 12.7 Å². The zero-order valence-electron chi connectivity index (χ0n) is 16.0. The van der Waals surface area contributed by atoms with E-state index in [1.54, 1.807) is 0 Å². The topological polar surface area (TPSA) is 86.8 Å². The van der Waals surface area contributed by atoms with Gasteiger partial charge in [0, 0.05) is 35.2 Å². The summed E-state index contributed by atoms with van der Waals surface area (Å²) in [7, 11) is 0. The Balaban J connectivity index is 2.12. The molecule has 0 aliphatic carbocycles. The highest BCUT2D eigenvalue weighted by Gasteiger charge is 2.35. The van der Waals surface area contributed by atoms with Crippen LogP contribution in [0.4, 0.5) is 10.1 Å². The fraction of sp³-hybridized carbons (Fsp3) is 0.579. The highest BCUT2D eigenvalue weighted by Crippen LogP contribution is 2.36. The van der Waals surface area contributed by atoms with E-state index in [4.69, 9.17) is 9.47 Å². The van der Waals surface area contributed by atoms with Crippen molar-refractivity contribution < 1.29 is 23.9 Å². The van der Waals surface area contributed by atoms with Gasteiger partial charge < -0.3 is 19.1 Å². The van der Waals surface area contributed by atoms with Crippen LogP contribution >= 0.6 is 0 Å². The average Bonchev–Trinajstić information content (AvgIpc) is 3.07. The van der Waals surface area contributed by atoms with Gasteiger partial charge >= 0.3 is 5.69 Å². The van der Waals surface area contributed by atoms with E-state index in [1.165, 1.54) is 12.1 Å². The van der Waals surface area contributed by atoms with Gasteiger partial charge in [-0.25, -0.2) is 0 Å². The number of hydrogen-bond donors (Lipinski definition) is 1. The number of nitro benzene ring substituents is 1. The van der Waals surface area contributed by atoms with Crippen molar-refractivity contribution in [1.29, 1.82) is 0 Å². The highest BCUT2D eigenvalue weighted by molar-refractivity contribution is 5.84. The van der Waals surface area contributed by atoms with Crippen LogP contribution in [0.1, 0.15) is 39.8 Å². The molecule has 1 saturated heterocycles. The number of halogens is 1. The van der Waals surface area contributed by atoms with E-state index in [0.29, 0.717) is 30.5 Å². The van der Waals surface area contributed by atoms with Crippen LogP contribution in [0.25, 0.3) is 10.9 Å². The van der Waals surface area contributed by atoms with Gasteiger partial charge in [-0.2, -0.15) is 4.39 Å². The SMILES string of the molecule is CC1(C)OCC(Cn2c(C(C)(C)CCO)cc3cc([N+](=O)[O-])c(F)cc32)O1. The highest BCUT2D eigenvalue weighted by atomic mass is 19.1. The monoisotopic (exact) mass is 380 g/mol. The van der Waals surface area contributed by atoms with Gasteiger partial charge in [0.15, 0.2) is 5.79 Å². The molecule has 0 radical (unpaired) electrons. The average molecular weight is 380 g/mol. The number of aliphatic hydroxyl groups excluding tert-OH is 1. The molecule has 2 aromatic rings. The van der Waals surface area contributed by atoms with Gasteiger partial charge in [-0.3, -0.25) is 10.1 Å². The molecule has 8 heteroatoms. The van der Waals surface area contributed by atoms with Crippen molar-refractivity contribution in [2.24, 2.45) is 0 Å². The Morgan fingerprint density at radius 1 is 1.41 bits per heavy atom. The number of nitro groups is 1. The van der Waals surface area contributed by atoms with E-state index < -0.39 is 27.6 Å². The number of aliphatic hydroxyl groups is 1. The lowest BCUT2D eigenvalue weighted by molar-refractivity contribution is -0.387. The molecule has 0 saturated carbocycles. The predicted molar refractivity (Wildman–Crippen MR) is 98.2 cm³/mol. The minimum Gasteiger partial charge on any atom is -0.396 e. The normalized spacial score (nSPS) is 19.7. The Morgan fingerprint density at radius 2 is 2.11 bits per heavy atom. The lowest BCUT2D eigenvalue weighted by Gasteiger charge is -2.27. The molecule has 0 amide bonds. The maximum absolute atomic E-state index is 14.3. The predicted octanol–water partition coefficient (Wildman–Crippen LogP) is 3.50. The van der Waals surface area contributed by atoms with Crippen molar-refractivity contribution >= 4 is 16.6 Å². The number of ether oxygens (including phenoxy) is 2. The molecule has 1 unspecified atom stereocenters. The first-order valence-electron chi connectivity index (χ1n) is 8.94. The van der Waals surface area contributed by atoms with Crippen LogP contribution in [-0.4, -0.2) is 39.7 Å². The van der Waals surface area contributed by atoms with Crippen LogP contribution in [-0.2, 0) is 21.4 Å². The largest absolute Gasteiger partial charge is 0.396 e. The van der Waals surface area contributed by atoms with Gasteiger partial charge in [-0.15, -0.1) is 0 Å². The van der Waals surface area contributed by atoms with Crippen molar-refractivity contribution in [3.8, 4) is 0 Å². The van der Waals surface area contributed by atoms with Crippen molar-refractivity contribution in [1.82, 2.24) is 4.57 Å². The van der Waals surface area contributed by atoms with Crippen LogP contribution in [0.5, 0.6) is 0 Å². The molecule has 148 valence electrons. The summed E-state index contributed by atoms with van der Waals surface area (Å²) >= 11 is 0. The van der Waals surface area contributed by atoms with Crippen molar-refractivity contribution in [3.05, 3.63) is 39.8 Å². The fourth-order valence-electron chi connectivity index (χ4n) is 3.63. The molecule has 1 aliphatic rings. The van der Waals surface area contributed by atoms with Gasteiger partial charge in [0.25, 0.3) is 0 Å². The Hall–Kier alpha value is -2.03. The molecule has 1 aliphatic heterocycles. The number of aromatic nitrogens is 1. The quantitative estimate of drug-likeness (QED) is 0.612. The van der Waals surface area contributed by atoms with Crippen molar-refractivity contribution in [2.75, 3.05) is 13.2 Å². The summed E-state index contributed by atoms with van der Waals surface area (Å²) in [4.78, 5) is 10.4. The minimum atomic E-state index is -0.873. The Bertz CT molecular complexity index is 875. The van der Waals surface area contributed by atoms with E-state index in [0.717, 1.165) is 5.69 Å². The van der Waals surface area contributed by atoms with Gasteiger partial charge in [-0.05, 0) is 26.3 Å². The zero-order chi connectivity index (χ0) is 20.0. The van der Waals surface area contributed by atoms with E-state index in [1.807, 2.05) is 38.3 Å². The molecule has 1 aromatic heterocycles. The Labute approximate surface area is 156 Å². The fourth-order valence-corrected chi connectivity index (χ4v) is 3.63. The van der Waals surface area contributed by atoms with Crippen LogP contribution in [0.15, 0.2) is 18.2 Å². The van der Waals surface area contributed by atoms with Crippen LogP contribution in [0, 0.1) is 15.9 Å². The number of nitrogens with zero attached hydrogens (tertiary/aromatic N) is 2. The summed E-state index contributed by atoms with van der Waals surface area (Å²) < 4.78 is 27.7. The minimum absolute atomic E-state index is 0.000888. The van der Waals surface area contributed by atoms with Crippen LogP contribution < -0.4 is 0 Å².